The Bertz CT molecular complexity index is 499. The third kappa shape index (κ3) is 2.46. The van der Waals surface area contributed by atoms with Gasteiger partial charge in [-0.05, 0) is 12.1 Å². The van der Waals surface area contributed by atoms with Crippen LogP contribution in [0.25, 0.3) is 11.3 Å². The van der Waals surface area contributed by atoms with Crippen molar-refractivity contribution in [3.8, 4) is 17.0 Å². The van der Waals surface area contributed by atoms with Crippen LogP contribution in [0.2, 0.25) is 0 Å². The Morgan fingerprint density at radius 1 is 1.47 bits per heavy atom. The lowest BCUT2D eigenvalue weighted by Crippen LogP contribution is -2.13. The fraction of sp³-hybridized carbons (Fsp3) is 0.250. The van der Waals surface area contributed by atoms with Crippen molar-refractivity contribution in [2.45, 2.75) is 6.04 Å². The summed E-state index contributed by atoms with van der Waals surface area (Å²) in [5.41, 5.74) is 7.48. The molecule has 2 aromatic rings. The largest absolute Gasteiger partial charge is 0.496 e. The molecular formula is C12H14N2O2S. The van der Waals surface area contributed by atoms with Crippen molar-refractivity contribution in [3.05, 3.63) is 34.7 Å². The van der Waals surface area contributed by atoms with E-state index in [1.165, 1.54) is 11.3 Å². The number of ether oxygens (including phenoxy) is 1. The predicted octanol–water partition coefficient (Wildman–Crippen LogP) is 1.81. The van der Waals surface area contributed by atoms with Crippen LogP contribution >= 0.6 is 11.3 Å². The zero-order chi connectivity index (χ0) is 12.3. The van der Waals surface area contributed by atoms with Crippen LogP contribution in [0.5, 0.6) is 5.75 Å². The summed E-state index contributed by atoms with van der Waals surface area (Å²) in [5.74, 6) is 0.780. The second-order valence-electron chi connectivity index (χ2n) is 3.56. The van der Waals surface area contributed by atoms with Gasteiger partial charge in [-0.3, -0.25) is 0 Å². The summed E-state index contributed by atoms with van der Waals surface area (Å²) in [6, 6.07) is 7.27. The Morgan fingerprint density at radius 2 is 2.24 bits per heavy atom. The molecular weight excluding hydrogens is 236 g/mol. The van der Waals surface area contributed by atoms with Gasteiger partial charge in [0.1, 0.15) is 10.8 Å². The quantitative estimate of drug-likeness (QED) is 0.868. The van der Waals surface area contributed by atoms with Crippen LogP contribution in [0.15, 0.2) is 29.6 Å². The lowest BCUT2D eigenvalue weighted by molar-refractivity contribution is 0.268. The van der Waals surface area contributed by atoms with Gasteiger partial charge in [0.15, 0.2) is 0 Å². The maximum Gasteiger partial charge on any atom is 0.128 e. The number of aliphatic hydroxyl groups excluding tert-OH is 1. The molecule has 0 bridgehead atoms. The summed E-state index contributed by atoms with van der Waals surface area (Å²) in [5, 5.41) is 11.6. The van der Waals surface area contributed by atoms with E-state index in [1.807, 2.05) is 29.6 Å². The molecule has 90 valence electrons. The fourth-order valence-corrected chi connectivity index (χ4v) is 2.33. The number of nitrogens with two attached hydrogens (primary N) is 1. The first-order valence-electron chi connectivity index (χ1n) is 5.21. The van der Waals surface area contributed by atoms with Gasteiger partial charge in [0.05, 0.1) is 25.5 Å². The molecule has 1 aromatic heterocycles. The second-order valence-corrected chi connectivity index (χ2v) is 4.45. The van der Waals surface area contributed by atoms with E-state index in [0.29, 0.717) is 0 Å². The SMILES string of the molecule is COc1ccccc1-c1csc(C(N)CO)n1. The highest BCUT2D eigenvalue weighted by atomic mass is 32.1. The highest BCUT2D eigenvalue weighted by Gasteiger charge is 2.13. The summed E-state index contributed by atoms with van der Waals surface area (Å²) in [6.45, 7) is -0.0983. The summed E-state index contributed by atoms with van der Waals surface area (Å²) in [6.07, 6.45) is 0. The lowest BCUT2D eigenvalue weighted by atomic mass is 10.1. The second kappa shape index (κ2) is 5.27. The van der Waals surface area contributed by atoms with E-state index in [4.69, 9.17) is 15.6 Å². The van der Waals surface area contributed by atoms with Gasteiger partial charge < -0.3 is 15.6 Å². The van der Waals surface area contributed by atoms with E-state index in [1.54, 1.807) is 7.11 Å². The maximum atomic E-state index is 8.99. The first-order chi connectivity index (χ1) is 8.26. The molecule has 0 fully saturated rings. The van der Waals surface area contributed by atoms with Crippen molar-refractivity contribution in [3.63, 3.8) is 0 Å². The molecule has 0 saturated carbocycles. The smallest absolute Gasteiger partial charge is 0.128 e. The summed E-state index contributed by atoms with van der Waals surface area (Å²) < 4.78 is 5.28. The van der Waals surface area contributed by atoms with Crippen molar-refractivity contribution < 1.29 is 9.84 Å². The first-order valence-corrected chi connectivity index (χ1v) is 6.09. The Balaban J connectivity index is 2.37. The van der Waals surface area contributed by atoms with Gasteiger partial charge in [0.2, 0.25) is 0 Å². The molecule has 0 aliphatic heterocycles. The molecule has 1 unspecified atom stereocenters. The molecule has 4 nitrogen and oxygen atoms in total. The minimum Gasteiger partial charge on any atom is -0.496 e. The van der Waals surface area contributed by atoms with Crippen molar-refractivity contribution >= 4 is 11.3 Å². The molecule has 2 rings (SSSR count). The third-order valence-corrected chi connectivity index (χ3v) is 3.40. The van der Waals surface area contributed by atoms with Gasteiger partial charge in [-0.2, -0.15) is 0 Å². The molecule has 1 heterocycles. The van der Waals surface area contributed by atoms with Crippen LogP contribution in [0.3, 0.4) is 0 Å². The van der Waals surface area contributed by atoms with E-state index in [2.05, 4.69) is 4.98 Å². The van der Waals surface area contributed by atoms with Crippen LogP contribution in [-0.2, 0) is 0 Å². The molecule has 0 saturated heterocycles. The molecule has 0 aliphatic carbocycles. The van der Waals surface area contributed by atoms with E-state index in [-0.39, 0.29) is 6.61 Å². The van der Waals surface area contributed by atoms with Gasteiger partial charge in [0.25, 0.3) is 0 Å². The summed E-state index contributed by atoms with van der Waals surface area (Å²) in [7, 11) is 1.63. The average molecular weight is 250 g/mol. The third-order valence-electron chi connectivity index (χ3n) is 2.42. The minimum absolute atomic E-state index is 0.0983. The maximum absolute atomic E-state index is 8.99. The first kappa shape index (κ1) is 12.0. The van der Waals surface area contributed by atoms with Crippen molar-refractivity contribution in [1.82, 2.24) is 4.98 Å². The Morgan fingerprint density at radius 3 is 2.94 bits per heavy atom. The number of hydrogen-bond donors (Lipinski definition) is 2. The minimum atomic E-state index is -0.413. The number of benzene rings is 1. The highest BCUT2D eigenvalue weighted by Crippen LogP contribution is 2.31. The summed E-state index contributed by atoms with van der Waals surface area (Å²) >= 11 is 1.44. The topological polar surface area (TPSA) is 68.4 Å². The van der Waals surface area contributed by atoms with Crippen molar-refractivity contribution in [2.24, 2.45) is 5.73 Å². The number of nitrogens with zero attached hydrogens (tertiary/aromatic N) is 1. The number of aliphatic hydroxyl groups is 1. The normalized spacial score (nSPS) is 12.4. The monoisotopic (exact) mass is 250 g/mol. The van der Waals surface area contributed by atoms with E-state index >= 15 is 0 Å². The zero-order valence-electron chi connectivity index (χ0n) is 9.46. The van der Waals surface area contributed by atoms with E-state index in [0.717, 1.165) is 22.0 Å². The van der Waals surface area contributed by atoms with Crippen molar-refractivity contribution in [2.75, 3.05) is 13.7 Å². The van der Waals surface area contributed by atoms with Crippen LogP contribution in [-0.4, -0.2) is 23.8 Å². The number of hydrogen-bond acceptors (Lipinski definition) is 5. The highest BCUT2D eigenvalue weighted by molar-refractivity contribution is 7.10. The Kier molecular flexibility index (Phi) is 3.73. The number of thiazole rings is 1. The predicted molar refractivity (Wildman–Crippen MR) is 68.1 cm³/mol. The molecule has 17 heavy (non-hydrogen) atoms. The van der Waals surface area contributed by atoms with Crippen LogP contribution < -0.4 is 10.5 Å². The van der Waals surface area contributed by atoms with Gasteiger partial charge in [0, 0.05) is 10.9 Å². The standard InChI is InChI=1S/C12H14N2O2S/c1-16-11-5-3-2-4-8(11)10-7-17-12(14-10)9(13)6-15/h2-5,7,9,15H,6,13H2,1H3. The Labute approximate surface area is 104 Å². The number of para-hydroxylation sites is 1. The molecule has 1 atom stereocenters. The van der Waals surface area contributed by atoms with Gasteiger partial charge in [-0.25, -0.2) is 4.98 Å². The number of aromatic nitrogens is 1. The fourth-order valence-electron chi connectivity index (χ4n) is 1.52. The zero-order valence-corrected chi connectivity index (χ0v) is 10.3. The van der Waals surface area contributed by atoms with Gasteiger partial charge in [-0.15, -0.1) is 11.3 Å². The Hall–Kier alpha value is -1.43. The molecule has 3 N–H and O–H groups in total. The van der Waals surface area contributed by atoms with Crippen LogP contribution in [0.1, 0.15) is 11.0 Å². The van der Waals surface area contributed by atoms with Gasteiger partial charge >= 0.3 is 0 Å². The van der Waals surface area contributed by atoms with Crippen LogP contribution in [0.4, 0.5) is 0 Å². The number of methoxy groups -OCH3 is 1. The molecule has 1 aromatic carbocycles. The number of rotatable bonds is 4. The van der Waals surface area contributed by atoms with Crippen LogP contribution in [0, 0.1) is 0 Å². The molecule has 0 spiro atoms. The van der Waals surface area contributed by atoms with E-state index in [9.17, 15) is 0 Å². The molecule has 0 radical (unpaired) electrons. The van der Waals surface area contributed by atoms with Crippen molar-refractivity contribution in [1.29, 1.82) is 0 Å². The molecule has 5 heteroatoms. The average Bonchev–Trinajstić information content (AvgIpc) is 2.87. The van der Waals surface area contributed by atoms with Gasteiger partial charge in [-0.1, -0.05) is 12.1 Å². The molecule has 0 amide bonds. The lowest BCUT2D eigenvalue weighted by Gasteiger charge is -2.05. The molecule has 0 aliphatic rings. The summed E-state index contributed by atoms with van der Waals surface area (Å²) in [4.78, 5) is 4.41. The van der Waals surface area contributed by atoms with E-state index < -0.39 is 6.04 Å².